The van der Waals surface area contributed by atoms with Crippen molar-refractivity contribution in [2.45, 2.75) is 38.6 Å². The Morgan fingerprint density at radius 1 is 1.47 bits per heavy atom. The van der Waals surface area contributed by atoms with Crippen molar-refractivity contribution in [3.05, 3.63) is 34.1 Å². The maximum atomic E-state index is 12.9. The maximum Gasteiger partial charge on any atom is 0.137 e. The molecule has 0 aromatic heterocycles. The molecular formula is C13H17BrFNO. The standard InChI is InChI=1S/C13H17BrFNO/c1-13(2,16)6-5-11(17)7-9-3-4-10(15)8-12(9)14/h3-4,8H,5-7,16H2,1-2H3. The molecule has 2 N–H and O–H groups in total. The van der Waals surface area contributed by atoms with Crippen LogP contribution in [0.15, 0.2) is 22.7 Å². The van der Waals surface area contributed by atoms with E-state index >= 15 is 0 Å². The number of hydrogen-bond donors (Lipinski definition) is 1. The molecule has 1 rings (SSSR count). The number of carbonyl (C=O) groups excluding carboxylic acids is 1. The summed E-state index contributed by atoms with van der Waals surface area (Å²) in [6, 6.07) is 4.36. The third-order valence-corrected chi connectivity index (χ3v) is 3.19. The Hall–Kier alpha value is -0.740. The van der Waals surface area contributed by atoms with Crippen LogP contribution in [0.5, 0.6) is 0 Å². The number of rotatable bonds is 5. The minimum Gasteiger partial charge on any atom is -0.326 e. The molecule has 0 saturated carbocycles. The van der Waals surface area contributed by atoms with Crippen molar-refractivity contribution in [3.63, 3.8) is 0 Å². The third-order valence-electron chi connectivity index (χ3n) is 2.45. The zero-order valence-corrected chi connectivity index (χ0v) is 11.7. The average Bonchev–Trinajstić information content (AvgIpc) is 2.18. The largest absolute Gasteiger partial charge is 0.326 e. The summed E-state index contributed by atoms with van der Waals surface area (Å²) < 4.78 is 13.5. The molecule has 0 atom stereocenters. The van der Waals surface area contributed by atoms with Crippen LogP contribution in [0.2, 0.25) is 0 Å². The smallest absolute Gasteiger partial charge is 0.137 e. The lowest BCUT2D eigenvalue weighted by Gasteiger charge is -2.17. The van der Waals surface area contributed by atoms with Crippen molar-refractivity contribution < 1.29 is 9.18 Å². The van der Waals surface area contributed by atoms with Gasteiger partial charge in [-0.1, -0.05) is 22.0 Å². The molecule has 0 spiro atoms. The predicted octanol–water partition coefficient (Wildman–Crippen LogP) is 3.22. The summed E-state index contributed by atoms with van der Waals surface area (Å²) >= 11 is 3.25. The van der Waals surface area contributed by atoms with Gasteiger partial charge in [0.1, 0.15) is 11.6 Å². The minimum atomic E-state index is -0.324. The zero-order chi connectivity index (χ0) is 13.1. The fraction of sp³-hybridized carbons (Fsp3) is 0.462. The van der Waals surface area contributed by atoms with Gasteiger partial charge in [-0.05, 0) is 38.0 Å². The molecule has 0 aliphatic heterocycles. The van der Waals surface area contributed by atoms with Gasteiger partial charge in [-0.2, -0.15) is 0 Å². The lowest BCUT2D eigenvalue weighted by Crippen LogP contribution is -2.32. The Kier molecular flexibility index (Phi) is 4.83. The van der Waals surface area contributed by atoms with Crippen LogP contribution in [0, 0.1) is 5.82 Å². The molecule has 94 valence electrons. The van der Waals surface area contributed by atoms with E-state index < -0.39 is 0 Å². The van der Waals surface area contributed by atoms with Gasteiger partial charge in [0.05, 0.1) is 0 Å². The lowest BCUT2D eigenvalue weighted by atomic mass is 9.96. The third kappa shape index (κ3) is 5.41. The van der Waals surface area contributed by atoms with E-state index in [0.29, 0.717) is 23.7 Å². The first-order valence-corrected chi connectivity index (χ1v) is 6.32. The van der Waals surface area contributed by atoms with E-state index in [1.165, 1.54) is 12.1 Å². The summed E-state index contributed by atoms with van der Waals surface area (Å²) in [6.07, 6.45) is 1.43. The Labute approximate surface area is 110 Å². The van der Waals surface area contributed by atoms with Gasteiger partial charge < -0.3 is 5.73 Å². The molecule has 0 unspecified atom stereocenters. The van der Waals surface area contributed by atoms with Gasteiger partial charge in [-0.3, -0.25) is 4.79 Å². The number of carbonyl (C=O) groups is 1. The van der Waals surface area contributed by atoms with Crippen LogP contribution in [-0.2, 0) is 11.2 Å². The zero-order valence-electron chi connectivity index (χ0n) is 10.1. The van der Waals surface area contributed by atoms with Gasteiger partial charge in [-0.25, -0.2) is 4.39 Å². The normalized spacial score (nSPS) is 11.6. The number of nitrogens with two attached hydrogens (primary N) is 1. The molecular weight excluding hydrogens is 285 g/mol. The Morgan fingerprint density at radius 2 is 2.12 bits per heavy atom. The topological polar surface area (TPSA) is 43.1 Å². The van der Waals surface area contributed by atoms with E-state index in [1.54, 1.807) is 6.07 Å². The van der Waals surface area contributed by atoms with Crippen LogP contribution >= 0.6 is 15.9 Å². The summed E-state index contributed by atoms with van der Waals surface area (Å²) in [4.78, 5) is 11.7. The van der Waals surface area contributed by atoms with Crippen molar-refractivity contribution in [1.82, 2.24) is 0 Å². The molecule has 17 heavy (non-hydrogen) atoms. The SMILES string of the molecule is CC(C)(N)CCC(=O)Cc1ccc(F)cc1Br. The lowest BCUT2D eigenvalue weighted by molar-refractivity contribution is -0.118. The number of halogens is 2. The average molecular weight is 302 g/mol. The van der Waals surface area contributed by atoms with Crippen LogP contribution in [0.4, 0.5) is 4.39 Å². The van der Waals surface area contributed by atoms with Gasteiger partial charge >= 0.3 is 0 Å². The second-order valence-electron chi connectivity index (χ2n) is 4.94. The second kappa shape index (κ2) is 5.74. The fourth-order valence-corrected chi connectivity index (χ4v) is 1.92. The van der Waals surface area contributed by atoms with E-state index in [-0.39, 0.29) is 17.1 Å². The number of benzene rings is 1. The van der Waals surface area contributed by atoms with E-state index in [9.17, 15) is 9.18 Å². The highest BCUT2D eigenvalue weighted by molar-refractivity contribution is 9.10. The van der Waals surface area contributed by atoms with Crippen molar-refractivity contribution in [2.24, 2.45) is 5.73 Å². The molecule has 4 heteroatoms. The van der Waals surface area contributed by atoms with Gasteiger partial charge in [-0.15, -0.1) is 0 Å². The Balaban J connectivity index is 2.57. The molecule has 0 amide bonds. The van der Waals surface area contributed by atoms with E-state index in [0.717, 1.165) is 5.56 Å². The fourth-order valence-electron chi connectivity index (χ4n) is 1.43. The van der Waals surface area contributed by atoms with Crippen molar-refractivity contribution in [2.75, 3.05) is 0 Å². The molecule has 2 nitrogen and oxygen atoms in total. The second-order valence-corrected chi connectivity index (χ2v) is 5.79. The van der Waals surface area contributed by atoms with Crippen molar-refractivity contribution >= 4 is 21.7 Å². The molecule has 0 radical (unpaired) electrons. The highest BCUT2D eigenvalue weighted by Gasteiger charge is 2.14. The van der Waals surface area contributed by atoms with Crippen molar-refractivity contribution in [1.29, 1.82) is 0 Å². The van der Waals surface area contributed by atoms with E-state index in [1.807, 2.05) is 13.8 Å². The van der Waals surface area contributed by atoms with Crippen LogP contribution in [0.3, 0.4) is 0 Å². The van der Waals surface area contributed by atoms with Crippen LogP contribution in [0.1, 0.15) is 32.3 Å². The molecule has 0 heterocycles. The van der Waals surface area contributed by atoms with Gasteiger partial charge in [0.15, 0.2) is 0 Å². The molecule has 1 aromatic rings. The van der Waals surface area contributed by atoms with Gasteiger partial charge in [0.25, 0.3) is 0 Å². The van der Waals surface area contributed by atoms with Crippen LogP contribution < -0.4 is 5.73 Å². The quantitative estimate of drug-likeness (QED) is 0.907. The molecule has 0 aliphatic carbocycles. The first-order valence-electron chi connectivity index (χ1n) is 5.52. The van der Waals surface area contributed by atoms with Gasteiger partial charge in [0, 0.05) is 22.9 Å². The highest BCUT2D eigenvalue weighted by atomic mass is 79.9. The number of hydrogen-bond acceptors (Lipinski definition) is 2. The number of Topliss-reactive ketones (excluding diaryl/α,β-unsaturated/α-hetero) is 1. The monoisotopic (exact) mass is 301 g/mol. The van der Waals surface area contributed by atoms with Crippen molar-refractivity contribution in [3.8, 4) is 0 Å². The Morgan fingerprint density at radius 3 is 2.65 bits per heavy atom. The minimum absolute atomic E-state index is 0.121. The summed E-state index contributed by atoms with van der Waals surface area (Å²) in [6.45, 7) is 3.79. The summed E-state index contributed by atoms with van der Waals surface area (Å²) in [5.74, 6) is -0.188. The molecule has 0 fully saturated rings. The molecule has 1 aromatic carbocycles. The van der Waals surface area contributed by atoms with E-state index in [2.05, 4.69) is 15.9 Å². The number of ketones is 1. The van der Waals surface area contributed by atoms with Crippen LogP contribution in [0.25, 0.3) is 0 Å². The summed E-state index contributed by atoms with van der Waals surface area (Å²) in [5, 5.41) is 0. The predicted molar refractivity (Wildman–Crippen MR) is 70.3 cm³/mol. The first kappa shape index (κ1) is 14.3. The maximum absolute atomic E-state index is 12.9. The first-order chi connectivity index (χ1) is 7.78. The molecule has 0 bridgehead atoms. The molecule has 0 aliphatic rings. The highest BCUT2D eigenvalue weighted by Crippen LogP contribution is 2.19. The van der Waals surface area contributed by atoms with E-state index in [4.69, 9.17) is 5.73 Å². The molecule has 0 saturated heterocycles. The van der Waals surface area contributed by atoms with Crippen LogP contribution in [-0.4, -0.2) is 11.3 Å². The summed E-state index contributed by atoms with van der Waals surface area (Å²) in [5.41, 5.74) is 6.30. The Bertz CT molecular complexity index is 412. The van der Waals surface area contributed by atoms with Gasteiger partial charge in [0.2, 0.25) is 0 Å². The summed E-state index contributed by atoms with van der Waals surface area (Å²) in [7, 11) is 0.